The third-order valence-corrected chi connectivity index (χ3v) is 7.91. The molecule has 0 aliphatic carbocycles. The number of benzene rings is 3. The van der Waals surface area contributed by atoms with E-state index in [1.165, 1.54) is 6.92 Å². The van der Waals surface area contributed by atoms with Crippen LogP contribution < -0.4 is 15.8 Å². The number of aryl methyl sites for hydroxylation is 1. The van der Waals surface area contributed by atoms with Crippen molar-refractivity contribution >= 4 is 28.3 Å². The molecule has 3 N–H and O–H groups in total. The number of quaternary nitrogens is 1. The molecule has 0 aliphatic heterocycles. The monoisotopic (exact) mass is 567 g/mol. The van der Waals surface area contributed by atoms with Crippen molar-refractivity contribution in [2.75, 3.05) is 32.6 Å². The van der Waals surface area contributed by atoms with Gasteiger partial charge in [-0.25, -0.2) is 4.98 Å². The van der Waals surface area contributed by atoms with Crippen molar-refractivity contribution in [1.29, 1.82) is 0 Å². The lowest BCUT2D eigenvalue weighted by Gasteiger charge is -2.39. The number of carbonyl (C=O) groups excluding carboxylic acids is 2. The molecule has 7 nitrogen and oxygen atoms in total. The van der Waals surface area contributed by atoms with Crippen LogP contribution in [0.1, 0.15) is 67.7 Å². The summed E-state index contributed by atoms with van der Waals surface area (Å²) in [6.07, 6.45) is 3.96. The molecule has 7 heteroatoms. The van der Waals surface area contributed by atoms with Gasteiger partial charge in [0.05, 0.1) is 25.3 Å². The minimum atomic E-state index is -0.585. The molecule has 0 saturated heterocycles. The molecule has 4 rings (SSSR count). The van der Waals surface area contributed by atoms with Gasteiger partial charge < -0.3 is 20.3 Å². The van der Waals surface area contributed by atoms with Crippen LogP contribution in [0.2, 0.25) is 0 Å². The summed E-state index contributed by atoms with van der Waals surface area (Å²) in [5, 5.41) is 5.07. The molecule has 4 aromatic rings. The molecule has 0 bridgehead atoms. The topological polar surface area (TPSA) is 94.3 Å². The standard InChI is InChI=1S/C35H42N4O3/c1-6-8-17-27-23-26-16-12-13-18-28(26)35(38-27)42-22-21-39(4,5)31(7-2)29-19-20-30(34(36)41)33(37-24(3)40)32(29)25-14-10-9-11-15-25/h9-16,18-20,23,31H,6-8,17,21-22H2,1-5H3,(H2-,36,37,40,41)/p+1/t31-/m0/s1. The van der Waals surface area contributed by atoms with E-state index in [0.29, 0.717) is 22.7 Å². The van der Waals surface area contributed by atoms with Gasteiger partial charge in [-0.15, -0.1) is 0 Å². The van der Waals surface area contributed by atoms with Crippen molar-refractivity contribution in [1.82, 2.24) is 4.98 Å². The Hall–Kier alpha value is -4.23. The first-order chi connectivity index (χ1) is 20.2. The highest BCUT2D eigenvalue weighted by Crippen LogP contribution is 2.42. The van der Waals surface area contributed by atoms with Gasteiger partial charge in [0.15, 0.2) is 0 Å². The molecule has 0 aliphatic rings. The number of likely N-dealkylation sites (N-methyl/N-ethyl adjacent to an activating group) is 1. The minimum Gasteiger partial charge on any atom is -0.471 e. The number of nitrogens with two attached hydrogens (primary N) is 1. The number of nitrogens with zero attached hydrogens (tertiary/aromatic N) is 2. The normalized spacial score (nSPS) is 12.2. The first-order valence-electron chi connectivity index (χ1n) is 14.8. The second-order valence-corrected chi connectivity index (χ2v) is 11.4. The van der Waals surface area contributed by atoms with E-state index < -0.39 is 5.91 Å². The molecule has 1 heterocycles. The zero-order chi connectivity index (χ0) is 30.3. The van der Waals surface area contributed by atoms with Gasteiger partial charge in [-0.05, 0) is 42.0 Å². The summed E-state index contributed by atoms with van der Waals surface area (Å²) in [6.45, 7) is 6.99. The average molecular weight is 568 g/mol. The Labute approximate surface area is 249 Å². The fourth-order valence-electron chi connectivity index (χ4n) is 5.76. The van der Waals surface area contributed by atoms with Gasteiger partial charge >= 0.3 is 0 Å². The number of fused-ring (bicyclic) bond motifs is 1. The van der Waals surface area contributed by atoms with E-state index in [1.807, 2.05) is 48.5 Å². The summed E-state index contributed by atoms with van der Waals surface area (Å²) in [5.74, 6) is -0.169. The number of aromatic nitrogens is 1. The number of unbranched alkanes of at least 4 members (excludes halogenated alkanes) is 1. The predicted molar refractivity (Wildman–Crippen MR) is 171 cm³/mol. The number of anilines is 1. The van der Waals surface area contributed by atoms with Crippen LogP contribution in [0.25, 0.3) is 21.9 Å². The van der Waals surface area contributed by atoms with E-state index in [1.54, 1.807) is 6.07 Å². The molecular weight excluding hydrogens is 524 g/mol. The van der Waals surface area contributed by atoms with Crippen LogP contribution in [0, 0.1) is 0 Å². The summed E-state index contributed by atoms with van der Waals surface area (Å²) in [7, 11) is 4.38. The highest BCUT2D eigenvalue weighted by Gasteiger charge is 2.33. The van der Waals surface area contributed by atoms with E-state index in [0.717, 1.165) is 65.4 Å². The molecule has 1 atom stereocenters. The first-order valence-corrected chi connectivity index (χ1v) is 14.8. The van der Waals surface area contributed by atoms with Crippen LogP contribution in [0.4, 0.5) is 5.69 Å². The Kier molecular flexibility index (Phi) is 9.96. The lowest BCUT2D eigenvalue weighted by atomic mass is 9.88. The Morgan fingerprint density at radius 2 is 1.71 bits per heavy atom. The molecule has 2 amide bonds. The third-order valence-electron chi connectivity index (χ3n) is 7.91. The molecule has 42 heavy (non-hydrogen) atoms. The van der Waals surface area contributed by atoms with Crippen LogP contribution in [-0.2, 0) is 11.2 Å². The smallest absolute Gasteiger partial charge is 0.250 e. The fraction of sp³-hybridized carbons (Fsp3) is 0.343. The van der Waals surface area contributed by atoms with Crippen LogP contribution >= 0.6 is 0 Å². The van der Waals surface area contributed by atoms with Crippen molar-refractivity contribution in [3.05, 3.63) is 89.6 Å². The molecule has 0 saturated carbocycles. The Morgan fingerprint density at radius 3 is 2.38 bits per heavy atom. The van der Waals surface area contributed by atoms with Crippen molar-refractivity contribution in [2.24, 2.45) is 5.73 Å². The Bertz CT molecular complexity index is 1550. The molecular formula is C35H43N4O3+. The number of carbonyl (C=O) groups is 2. The van der Waals surface area contributed by atoms with Crippen LogP contribution in [-0.4, -0.2) is 48.5 Å². The maximum atomic E-state index is 12.4. The maximum Gasteiger partial charge on any atom is 0.250 e. The van der Waals surface area contributed by atoms with E-state index in [4.69, 9.17) is 15.5 Å². The van der Waals surface area contributed by atoms with Gasteiger partial charge in [0.2, 0.25) is 11.8 Å². The number of hydrogen-bond donors (Lipinski definition) is 2. The van der Waals surface area contributed by atoms with E-state index in [9.17, 15) is 9.59 Å². The lowest BCUT2D eigenvalue weighted by molar-refractivity contribution is -0.921. The van der Waals surface area contributed by atoms with Crippen LogP contribution in [0.15, 0.2) is 72.8 Å². The second kappa shape index (κ2) is 13.6. The van der Waals surface area contributed by atoms with E-state index in [2.05, 4.69) is 51.5 Å². The van der Waals surface area contributed by atoms with Crippen molar-refractivity contribution in [3.63, 3.8) is 0 Å². The Morgan fingerprint density at radius 1 is 1.00 bits per heavy atom. The third kappa shape index (κ3) is 6.97. The average Bonchev–Trinajstić information content (AvgIpc) is 2.96. The number of ether oxygens (including phenoxy) is 1. The summed E-state index contributed by atoms with van der Waals surface area (Å²) in [6, 6.07) is 24.0. The van der Waals surface area contributed by atoms with Gasteiger partial charge in [0.1, 0.15) is 19.2 Å². The van der Waals surface area contributed by atoms with Crippen molar-refractivity contribution < 1.29 is 18.8 Å². The number of pyridine rings is 1. The molecule has 0 radical (unpaired) electrons. The van der Waals surface area contributed by atoms with Gasteiger partial charge in [0.25, 0.3) is 5.91 Å². The van der Waals surface area contributed by atoms with Crippen LogP contribution in [0.3, 0.4) is 0 Å². The van der Waals surface area contributed by atoms with Crippen molar-refractivity contribution in [2.45, 2.75) is 52.5 Å². The van der Waals surface area contributed by atoms with Crippen molar-refractivity contribution in [3.8, 4) is 17.0 Å². The second-order valence-electron chi connectivity index (χ2n) is 11.4. The summed E-state index contributed by atoms with van der Waals surface area (Å²) in [4.78, 5) is 29.6. The van der Waals surface area contributed by atoms with Crippen LogP contribution in [0.5, 0.6) is 5.88 Å². The number of rotatable bonds is 13. The van der Waals surface area contributed by atoms with Gasteiger partial charge in [-0.1, -0.05) is 74.9 Å². The quantitative estimate of drug-likeness (QED) is 0.172. The highest BCUT2D eigenvalue weighted by atomic mass is 16.5. The fourth-order valence-corrected chi connectivity index (χ4v) is 5.76. The lowest BCUT2D eigenvalue weighted by Crippen LogP contribution is -2.46. The Balaban J connectivity index is 1.69. The van der Waals surface area contributed by atoms with Gasteiger partial charge in [-0.3, -0.25) is 9.59 Å². The number of primary amides is 1. The van der Waals surface area contributed by atoms with Gasteiger partial charge in [-0.2, -0.15) is 0 Å². The highest BCUT2D eigenvalue weighted by molar-refractivity contribution is 6.07. The largest absolute Gasteiger partial charge is 0.471 e. The minimum absolute atomic E-state index is 0.0406. The maximum absolute atomic E-state index is 12.4. The predicted octanol–water partition coefficient (Wildman–Crippen LogP) is 6.91. The molecule has 3 aromatic carbocycles. The van der Waals surface area contributed by atoms with E-state index >= 15 is 0 Å². The SMILES string of the molecule is CCCCc1cc2ccccc2c(OCC[N+](C)(C)[C@@H](CC)c2ccc(C(N)=O)c(NC(C)=O)c2-c2ccccc2)n1. The zero-order valence-corrected chi connectivity index (χ0v) is 25.4. The summed E-state index contributed by atoms with van der Waals surface area (Å²) >= 11 is 0. The zero-order valence-electron chi connectivity index (χ0n) is 25.4. The number of nitrogens with one attached hydrogen (secondary N) is 1. The van der Waals surface area contributed by atoms with Gasteiger partial charge in [0, 0.05) is 35.6 Å². The number of amides is 2. The molecule has 0 unspecified atom stereocenters. The molecule has 0 spiro atoms. The molecule has 1 aromatic heterocycles. The number of hydrogen-bond acceptors (Lipinski definition) is 4. The summed E-state index contributed by atoms with van der Waals surface area (Å²) < 4.78 is 7.03. The first kappa shape index (κ1) is 30.7. The van der Waals surface area contributed by atoms with E-state index in [-0.39, 0.29) is 17.5 Å². The summed E-state index contributed by atoms with van der Waals surface area (Å²) in [5.41, 5.74) is 10.3. The molecule has 220 valence electrons. The molecule has 0 fully saturated rings.